The molecule has 42 heavy (non-hydrogen) atoms. The number of nitrogens with zero attached hydrogens (tertiary/aromatic N) is 2. The minimum absolute atomic E-state index is 0.176. The highest BCUT2D eigenvalue weighted by molar-refractivity contribution is 6.31. The Morgan fingerprint density at radius 2 is 1.95 bits per heavy atom. The standard InChI is InChI=1S/C31H29ClF2N4O4/c1-17-4-3-5-26(38-13-11-19(15-27(38)39)28-23(33)9-8-22(32)29(28)34)25-14-18(10-12-35-25)21-7-6-20(36-31(41)42-2)16-24(21)37-30(17)40/h6-10,12,14-17,26H,3-5,11,13H2,1-2H3,(H,36,41)(H,37,40). The summed E-state index contributed by atoms with van der Waals surface area (Å²) in [5, 5.41) is 5.39. The molecule has 3 aromatic rings. The lowest BCUT2D eigenvalue weighted by molar-refractivity contribution is -0.129. The van der Waals surface area contributed by atoms with Crippen LogP contribution < -0.4 is 10.6 Å². The number of fused-ring (bicyclic) bond motifs is 4. The molecule has 5 rings (SSSR count). The van der Waals surface area contributed by atoms with Crippen LogP contribution in [0.2, 0.25) is 5.02 Å². The number of pyridine rings is 1. The van der Waals surface area contributed by atoms with Gasteiger partial charge in [-0.2, -0.15) is 0 Å². The summed E-state index contributed by atoms with van der Waals surface area (Å²) in [5.41, 5.74) is 3.02. The van der Waals surface area contributed by atoms with Gasteiger partial charge in [0.15, 0.2) is 5.82 Å². The van der Waals surface area contributed by atoms with Gasteiger partial charge in [-0.1, -0.05) is 31.0 Å². The smallest absolute Gasteiger partial charge is 0.411 e. The first-order valence-corrected chi connectivity index (χ1v) is 13.9. The number of halogens is 3. The van der Waals surface area contributed by atoms with Crippen molar-refractivity contribution in [3.63, 3.8) is 0 Å². The number of nitrogens with one attached hydrogen (secondary N) is 2. The Bertz CT molecular complexity index is 1600. The lowest BCUT2D eigenvalue weighted by Gasteiger charge is -2.34. The van der Waals surface area contributed by atoms with Crippen molar-refractivity contribution >= 4 is 46.5 Å². The van der Waals surface area contributed by atoms with Gasteiger partial charge in [0.2, 0.25) is 11.8 Å². The second kappa shape index (κ2) is 12.3. The maximum absolute atomic E-state index is 14.7. The molecule has 0 radical (unpaired) electrons. The number of hydrogen-bond acceptors (Lipinski definition) is 5. The fourth-order valence-corrected chi connectivity index (χ4v) is 5.55. The molecule has 218 valence electrons. The van der Waals surface area contributed by atoms with Gasteiger partial charge in [-0.15, -0.1) is 0 Å². The zero-order valence-corrected chi connectivity index (χ0v) is 23.8. The molecular weight excluding hydrogens is 566 g/mol. The molecule has 2 aliphatic rings. The van der Waals surface area contributed by atoms with Crippen LogP contribution in [0, 0.1) is 17.6 Å². The van der Waals surface area contributed by atoms with Crippen LogP contribution in [-0.2, 0) is 14.3 Å². The maximum atomic E-state index is 14.7. The van der Waals surface area contributed by atoms with Crippen molar-refractivity contribution in [2.75, 3.05) is 24.3 Å². The number of carbonyl (C=O) groups is 3. The molecule has 1 aromatic heterocycles. The summed E-state index contributed by atoms with van der Waals surface area (Å²) in [5.74, 6) is -2.56. The van der Waals surface area contributed by atoms with Crippen LogP contribution in [-0.4, -0.2) is 41.4 Å². The maximum Gasteiger partial charge on any atom is 0.411 e. The van der Waals surface area contributed by atoms with Crippen molar-refractivity contribution in [2.24, 2.45) is 5.92 Å². The number of carbonyl (C=O) groups excluding carboxylic acids is 3. The third-order valence-electron chi connectivity index (χ3n) is 7.65. The Morgan fingerprint density at radius 3 is 2.71 bits per heavy atom. The zero-order valence-electron chi connectivity index (χ0n) is 23.0. The highest BCUT2D eigenvalue weighted by Gasteiger charge is 2.31. The van der Waals surface area contributed by atoms with Gasteiger partial charge in [0.25, 0.3) is 0 Å². The molecule has 0 aliphatic carbocycles. The molecule has 3 heterocycles. The van der Waals surface area contributed by atoms with E-state index in [-0.39, 0.29) is 46.9 Å². The van der Waals surface area contributed by atoms with E-state index in [2.05, 4.69) is 20.4 Å². The quantitative estimate of drug-likeness (QED) is 0.319. The van der Waals surface area contributed by atoms with Gasteiger partial charge in [0.1, 0.15) is 5.82 Å². The molecule has 2 bridgehead atoms. The highest BCUT2D eigenvalue weighted by Crippen LogP contribution is 2.38. The third kappa shape index (κ3) is 5.99. The first-order valence-electron chi connectivity index (χ1n) is 13.6. The molecule has 0 spiro atoms. The SMILES string of the molecule is COC(=O)Nc1ccc2c(c1)NC(=O)C(C)CCCC(N1CCC(c3c(F)ccc(Cl)c3F)=CC1=O)c1cc-2ccn1. The van der Waals surface area contributed by atoms with E-state index >= 15 is 0 Å². The van der Waals surface area contributed by atoms with E-state index < -0.39 is 23.8 Å². The van der Waals surface area contributed by atoms with Gasteiger partial charge in [0.05, 0.1) is 35.1 Å². The summed E-state index contributed by atoms with van der Waals surface area (Å²) < 4.78 is 33.9. The van der Waals surface area contributed by atoms with Gasteiger partial charge < -0.3 is 15.0 Å². The molecule has 3 amide bonds. The predicted octanol–water partition coefficient (Wildman–Crippen LogP) is 6.97. The molecular formula is C31H29ClF2N4O4. The number of ether oxygens (including phenoxy) is 1. The molecule has 2 atom stereocenters. The van der Waals surface area contributed by atoms with Crippen molar-refractivity contribution in [3.05, 3.63) is 82.7 Å². The Labute approximate surface area is 246 Å². The van der Waals surface area contributed by atoms with Crippen LogP contribution in [0.4, 0.5) is 25.0 Å². The van der Waals surface area contributed by atoms with Gasteiger partial charge in [-0.25, -0.2) is 13.6 Å². The third-order valence-corrected chi connectivity index (χ3v) is 7.94. The second-order valence-corrected chi connectivity index (χ2v) is 10.8. The van der Waals surface area contributed by atoms with Crippen molar-refractivity contribution in [2.45, 2.75) is 38.6 Å². The monoisotopic (exact) mass is 594 g/mol. The number of methoxy groups -OCH3 is 1. The summed E-state index contributed by atoms with van der Waals surface area (Å²) >= 11 is 5.89. The molecule has 0 fully saturated rings. The van der Waals surface area contributed by atoms with E-state index in [1.165, 1.54) is 13.2 Å². The molecule has 0 saturated carbocycles. The van der Waals surface area contributed by atoms with Gasteiger partial charge in [-0.05, 0) is 66.8 Å². The van der Waals surface area contributed by atoms with E-state index in [1.807, 2.05) is 13.0 Å². The van der Waals surface area contributed by atoms with Crippen molar-refractivity contribution in [1.82, 2.24) is 9.88 Å². The van der Waals surface area contributed by atoms with Crippen LogP contribution in [0.15, 0.2) is 54.7 Å². The topological polar surface area (TPSA) is 101 Å². The second-order valence-electron chi connectivity index (χ2n) is 10.4. The van der Waals surface area contributed by atoms with Crippen LogP contribution in [0.3, 0.4) is 0 Å². The number of hydrogen-bond donors (Lipinski definition) is 2. The molecule has 0 saturated heterocycles. The average Bonchev–Trinajstić information content (AvgIpc) is 2.97. The summed E-state index contributed by atoms with van der Waals surface area (Å²) in [6.07, 6.45) is 4.22. The van der Waals surface area contributed by atoms with Crippen molar-refractivity contribution < 1.29 is 27.9 Å². The summed E-state index contributed by atoms with van der Waals surface area (Å²) in [4.78, 5) is 44.6. The number of amides is 3. The summed E-state index contributed by atoms with van der Waals surface area (Å²) in [6.45, 7) is 2.06. The van der Waals surface area contributed by atoms with E-state index in [4.69, 9.17) is 11.6 Å². The lowest BCUT2D eigenvalue weighted by atomic mass is 9.92. The van der Waals surface area contributed by atoms with E-state index in [9.17, 15) is 23.2 Å². The van der Waals surface area contributed by atoms with Crippen molar-refractivity contribution in [3.8, 4) is 11.1 Å². The predicted molar refractivity (Wildman–Crippen MR) is 156 cm³/mol. The van der Waals surface area contributed by atoms with Gasteiger partial charge in [0, 0.05) is 36.0 Å². The molecule has 11 heteroatoms. The van der Waals surface area contributed by atoms with Crippen molar-refractivity contribution in [1.29, 1.82) is 0 Å². The average molecular weight is 595 g/mol. The van der Waals surface area contributed by atoms with Gasteiger partial charge in [-0.3, -0.25) is 19.9 Å². The Balaban J connectivity index is 1.52. The molecule has 2 N–H and O–H groups in total. The first kappa shape index (κ1) is 29.2. The number of anilines is 2. The van der Waals surface area contributed by atoms with Crippen LogP contribution in [0.5, 0.6) is 0 Å². The normalized spacial score (nSPS) is 19.1. The molecule has 2 unspecified atom stereocenters. The van der Waals surface area contributed by atoms with Crippen LogP contribution in [0.25, 0.3) is 16.7 Å². The highest BCUT2D eigenvalue weighted by atomic mass is 35.5. The molecule has 8 nitrogen and oxygen atoms in total. The minimum Gasteiger partial charge on any atom is -0.453 e. The fraction of sp³-hybridized carbons (Fsp3) is 0.290. The van der Waals surface area contributed by atoms with Crippen LogP contribution >= 0.6 is 11.6 Å². The number of benzene rings is 2. The summed E-state index contributed by atoms with van der Waals surface area (Å²) in [6, 6.07) is 10.6. The van der Waals surface area contributed by atoms with E-state index in [0.717, 1.165) is 17.7 Å². The summed E-state index contributed by atoms with van der Waals surface area (Å²) in [7, 11) is 1.26. The zero-order chi connectivity index (χ0) is 30.0. The van der Waals surface area contributed by atoms with Gasteiger partial charge >= 0.3 is 6.09 Å². The van der Waals surface area contributed by atoms with Crippen LogP contribution in [0.1, 0.15) is 49.9 Å². The minimum atomic E-state index is -0.889. The lowest BCUT2D eigenvalue weighted by Crippen LogP contribution is -2.38. The van der Waals surface area contributed by atoms with E-state index in [1.54, 1.807) is 35.4 Å². The Kier molecular flexibility index (Phi) is 8.54. The first-order chi connectivity index (χ1) is 20.2. The number of aromatic nitrogens is 1. The van der Waals surface area contributed by atoms with E-state index in [0.29, 0.717) is 41.9 Å². The Hall–Kier alpha value is -4.31. The molecule has 2 aliphatic heterocycles. The largest absolute Gasteiger partial charge is 0.453 e. The number of rotatable bonds is 3. The Morgan fingerprint density at radius 1 is 1.14 bits per heavy atom. The fourth-order valence-electron chi connectivity index (χ4n) is 5.40. The molecule has 2 aromatic carbocycles.